The molecule has 4 nitrogen and oxygen atoms in total. The number of ether oxygens (including phenoxy) is 1. The zero-order valence-corrected chi connectivity index (χ0v) is 11.6. The summed E-state index contributed by atoms with van der Waals surface area (Å²) in [7, 11) is 0. The number of benzene rings is 1. The Balaban J connectivity index is 1.68. The molecule has 1 aromatic heterocycles. The van der Waals surface area contributed by atoms with E-state index in [1.54, 1.807) is 12.3 Å². The van der Waals surface area contributed by atoms with Gasteiger partial charge in [0.25, 0.3) is 5.91 Å². The molecule has 3 rings (SSSR count). The van der Waals surface area contributed by atoms with Crippen LogP contribution in [0.4, 0.5) is 5.82 Å². The average Bonchev–Trinajstić information content (AvgIpc) is 2.85. The fraction of sp³-hybridized carbons (Fsp3) is 0.143. The van der Waals surface area contributed by atoms with Crippen LogP contribution in [-0.2, 0) is 11.2 Å². The molecule has 0 fully saturated rings. The fourth-order valence-electron chi connectivity index (χ4n) is 1.98. The van der Waals surface area contributed by atoms with Gasteiger partial charge in [0, 0.05) is 17.1 Å². The Hall–Kier alpha value is -1.88. The summed E-state index contributed by atoms with van der Waals surface area (Å²) >= 11 is 3.30. The maximum Gasteiger partial charge on any atom is 0.266 e. The number of nitrogens with one attached hydrogen (secondary N) is 1. The number of halogens is 1. The number of amides is 1. The number of aromatic nitrogens is 1. The van der Waals surface area contributed by atoms with E-state index in [9.17, 15) is 4.79 Å². The zero-order chi connectivity index (χ0) is 13.2. The molecular formula is C14H11BrN2O2. The van der Waals surface area contributed by atoms with Crippen molar-refractivity contribution in [1.82, 2.24) is 4.98 Å². The molecule has 5 heteroatoms. The number of rotatable bonds is 2. The largest absolute Gasteiger partial charge is 0.480 e. The van der Waals surface area contributed by atoms with Crippen LogP contribution >= 0.6 is 15.9 Å². The molecule has 0 radical (unpaired) electrons. The Morgan fingerprint density at radius 2 is 2.16 bits per heavy atom. The van der Waals surface area contributed by atoms with Crippen molar-refractivity contribution in [2.75, 3.05) is 5.32 Å². The van der Waals surface area contributed by atoms with Crippen LogP contribution in [0.1, 0.15) is 5.56 Å². The van der Waals surface area contributed by atoms with E-state index in [1.165, 1.54) is 0 Å². The normalized spacial score (nSPS) is 16.6. The number of para-hydroxylation sites is 1. The summed E-state index contributed by atoms with van der Waals surface area (Å²) in [6, 6.07) is 11.3. The van der Waals surface area contributed by atoms with Gasteiger partial charge in [-0.2, -0.15) is 0 Å². The number of hydrogen-bond donors (Lipinski definition) is 1. The highest BCUT2D eigenvalue weighted by Gasteiger charge is 2.28. The first kappa shape index (κ1) is 12.2. The predicted octanol–water partition coefficient (Wildman–Crippen LogP) is 2.79. The van der Waals surface area contributed by atoms with Crippen LogP contribution < -0.4 is 10.1 Å². The van der Waals surface area contributed by atoms with Gasteiger partial charge in [-0.15, -0.1) is 0 Å². The van der Waals surface area contributed by atoms with Crippen LogP contribution in [-0.4, -0.2) is 17.0 Å². The molecule has 19 heavy (non-hydrogen) atoms. The van der Waals surface area contributed by atoms with Crippen LogP contribution in [0, 0.1) is 0 Å². The van der Waals surface area contributed by atoms with E-state index < -0.39 is 6.10 Å². The first-order chi connectivity index (χ1) is 9.22. The van der Waals surface area contributed by atoms with E-state index >= 15 is 0 Å². The summed E-state index contributed by atoms with van der Waals surface area (Å²) in [4.78, 5) is 16.2. The second kappa shape index (κ2) is 5.01. The van der Waals surface area contributed by atoms with Crippen molar-refractivity contribution in [3.05, 3.63) is 52.6 Å². The van der Waals surface area contributed by atoms with Crippen molar-refractivity contribution in [2.24, 2.45) is 0 Å². The lowest BCUT2D eigenvalue weighted by atomic mass is 10.1. The number of fused-ring (bicyclic) bond motifs is 1. The van der Waals surface area contributed by atoms with Crippen LogP contribution in [0.15, 0.2) is 47.1 Å². The minimum Gasteiger partial charge on any atom is -0.480 e. The van der Waals surface area contributed by atoms with Crippen LogP contribution in [0.25, 0.3) is 0 Å². The van der Waals surface area contributed by atoms with Gasteiger partial charge >= 0.3 is 0 Å². The van der Waals surface area contributed by atoms with Crippen LogP contribution in [0.5, 0.6) is 5.75 Å². The molecule has 96 valence electrons. The van der Waals surface area contributed by atoms with Gasteiger partial charge in [0.2, 0.25) is 0 Å². The summed E-state index contributed by atoms with van der Waals surface area (Å²) < 4.78 is 6.49. The van der Waals surface area contributed by atoms with Gasteiger partial charge in [-0.05, 0) is 39.7 Å². The van der Waals surface area contributed by atoms with Gasteiger partial charge in [-0.3, -0.25) is 4.79 Å². The second-order valence-electron chi connectivity index (χ2n) is 4.27. The zero-order valence-electron chi connectivity index (χ0n) is 9.97. The third kappa shape index (κ3) is 2.61. The third-order valence-electron chi connectivity index (χ3n) is 2.92. The fourth-order valence-corrected chi connectivity index (χ4v) is 2.22. The summed E-state index contributed by atoms with van der Waals surface area (Å²) in [5.41, 5.74) is 1.06. The molecule has 0 saturated carbocycles. The molecule has 1 aromatic carbocycles. The Kier molecular flexibility index (Phi) is 3.21. The molecular weight excluding hydrogens is 308 g/mol. The van der Waals surface area contributed by atoms with Crippen LogP contribution in [0.2, 0.25) is 0 Å². The van der Waals surface area contributed by atoms with Gasteiger partial charge in [0.05, 0.1) is 0 Å². The quantitative estimate of drug-likeness (QED) is 0.926. The van der Waals surface area contributed by atoms with Gasteiger partial charge in [-0.1, -0.05) is 18.2 Å². The maximum atomic E-state index is 12.1. The molecule has 2 aromatic rings. The van der Waals surface area contributed by atoms with Crippen molar-refractivity contribution < 1.29 is 9.53 Å². The topological polar surface area (TPSA) is 51.2 Å². The Bertz CT molecular complexity index is 588. The molecule has 2 heterocycles. The summed E-state index contributed by atoms with van der Waals surface area (Å²) in [6.07, 6.45) is 1.75. The molecule has 0 saturated heterocycles. The molecule has 0 bridgehead atoms. The SMILES string of the molecule is O=C(Nc1ccc(Br)cn1)[C@@H]1Cc2ccccc2O1. The highest BCUT2D eigenvalue weighted by Crippen LogP contribution is 2.28. The van der Waals surface area contributed by atoms with E-state index in [-0.39, 0.29) is 5.91 Å². The highest BCUT2D eigenvalue weighted by molar-refractivity contribution is 9.10. The summed E-state index contributed by atoms with van der Waals surface area (Å²) in [5, 5.41) is 2.75. The van der Waals surface area contributed by atoms with Crippen molar-refractivity contribution in [2.45, 2.75) is 12.5 Å². The van der Waals surface area contributed by atoms with Crippen LogP contribution in [0.3, 0.4) is 0 Å². The van der Waals surface area contributed by atoms with Gasteiger partial charge in [0.1, 0.15) is 11.6 Å². The second-order valence-corrected chi connectivity index (χ2v) is 5.18. The molecule has 0 spiro atoms. The number of carbonyl (C=O) groups is 1. The Morgan fingerprint density at radius 3 is 2.89 bits per heavy atom. The molecule has 0 aliphatic carbocycles. The summed E-state index contributed by atoms with van der Waals surface area (Å²) in [5.74, 6) is 1.13. The lowest BCUT2D eigenvalue weighted by Crippen LogP contribution is -2.31. The first-order valence-corrected chi connectivity index (χ1v) is 6.68. The maximum absolute atomic E-state index is 12.1. The molecule has 1 atom stereocenters. The highest BCUT2D eigenvalue weighted by atomic mass is 79.9. The van der Waals surface area contributed by atoms with Gasteiger partial charge in [0.15, 0.2) is 6.10 Å². The number of anilines is 1. The Morgan fingerprint density at radius 1 is 1.32 bits per heavy atom. The lowest BCUT2D eigenvalue weighted by Gasteiger charge is -2.10. The number of carbonyl (C=O) groups excluding carboxylic acids is 1. The summed E-state index contributed by atoms with van der Waals surface area (Å²) in [6.45, 7) is 0. The van der Waals surface area contributed by atoms with Crippen molar-refractivity contribution >= 4 is 27.7 Å². The van der Waals surface area contributed by atoms with Crippen molar-refractivity contribution in [3.8, 4) is 5.75 Å². The van der Waals surface area contributed by atoms with E-state index in [0.29, 0.717) is 12.2 Å². The van der Waals surface area contributed by atoms with Crippen molar-refractivity contribution in [3.63, 3.8) is 0 Å². The minimum atomic E-state index is -0.483. The number of nitrogens with zero attached hydrogens (tertiary/aromatic N) is 1. The molecule has 1 aliphatic rings. The standard InChI is InChI=1S/C14H11BrN2O2/c15-10-5-6-13(16-8-10)17-14(18)12-7-9-3-1-2-4-11(9)19-12/h1-6,8,12H,7H2,(H,16,17,18)/t12-/m0/s1. The monoisotopic (exact) mass is 318 g/mol. The van der Waals surface area contributed by atoms with E-state index in [2.05, 4.69) is 26.2 Å². The predicted molar refractivity (Wildman–Crippen MR) is 75.1 cm³/mol. The lowest BCUT2D eigenvalue weighted by molar-refractivity contribution is -0.122. The van der Waals surface area contributed by atoms with Gasteiger partial charge < -0.3 is 10.1 Å². The molecule has 0 unspecified atom stereocenters. The van der Waals surface area contributed by atoms with E-state index in [1.807, 2.05) is 30.3 Å². The van der Waals surface area contributed by atoms with Crippen molar-refractivity contribution in [1.29, 1.82) is 0 Å². The van der Waals surface area contributed by atoms with E-state index in [4.69, 9.17) is 4.74 Å². The number of pyridine rings is 1. The Labute approximate surface area is 118 Å². The molecule has 1 N–H and O–H groups in total. The van der Waals surface area contributed by atoms with Gasteiger partial charge in [-0.25, -0.2) is 4.98 Å². The molecule has 1 aliphatic heterocycles. The first-order valence-electron chi connectivity index (χ1n) is 5.89. The number of hydrogen-bond acceptors (Lipinski definition) is 3. The smallest absolute Gasteiger partial charge is 0.266 e. The minimum absolute atomic E-state index is 0.175. The van der Waals surface area contributed by atoms with E-state index in [0.717, 1.165) is 15.8 Å². The third-order valence-corrected chi connectivity index (χ3v) is 3.39. The average molecular weight is 319 g/mol. The molecule has 1 amide bonds.